The lowest BCUT2D eigenvalue weighted by molar-refractivity contribution is -0.131. The molecule has 6 rings (SSSR count). The molecule has 198 valence electrons. The summed E-state index contributed by atoms with van der Waals surface area (Å²) in [6.45, 7) is 4.32. The second-order valence-electron chi connectivity index (χ2n) is 10.4. The van der Waals surface area contributed by atoms with Gasteiger partial charge in [-0.1, -0.05) is 29.4 Å². The monoisotopic (exact) mass is 516 g/mol. The number of nitrogen functional groups attached to an aromatic ring is 1. The molecule has 11 heteroatoms. The molecule has 1 aromatic carbocycles. The number of likely N-dealkylation sites (tertiary alicyclic amines) is 1. The van der Waals surface area contributed by atoms with Crippen LogP contribution in [-0.4, -0.2) is 75.3 Å². The molecular formula is C27H32N8O3. The van der Waals surface area contributed by atoms with Crippen molar-refractivity contribution in [2.45, 2.75) is 37.7 Å². The van der Waals surface area contributed by atoms with E-state index in [2.05, 4.69) is 51.7 Å². The van der Waals surface area contributed by atoms with Crippen molar-refractivity contribution in [3.05, 3.63) is 60.1 Å². The van der Waals surface area contributed by atoms with Crippen LogP contribution in [0.25, 0.3) is 16.7 Å². The number of nitrogens with zero attached hydrogens (tertiary/aromatic N) is 6. The minimum atomic E-state index is -0.367. The van der Waals surface area contributed by atoms with Crippen LogP contribution >= 0.6 is 0 Å². The van der Waals surface area contributed by atoms with E-state index in [4.69, 9.17) is 20.0 Å². The normalized spacial score (nSPS) is 21.0. The van der Waals surface area contributed by atoms with E-state index >= 15 is 0 Å². The Balaban J connectivity index is 1.18. The van der Waals surface area contributed by atoms with Crippen LogP contribution in [0.15, 0.2) is 47.4 Å². The summed E-state index contributed by atoms with van der Waals surface area (Å²) in [7, 11) is 1.69. The topological polar surface area (TPSA) is 136 Å². The van der Waals surface area contributed by atoms with Gasteiger partial charge in [0.15, 0.2) is 5.82 Å². The summed E-state index contributed by atoms with van der Waals surface area (Å²) < 4.78 is 11.1. The number of hydrazine groups is 1. The second-order valence-corrected chi connectivity index (χ2v) is 10.4. The molecule has 2 aliphatic heterocycles. The predicted octanol–water partition coefficient (Wildman–Crippen LogP) is 2.23. The van der Waals surface area contributed by atoms with Gasteiger partial charge in [-0.25, -0.2) is 15.4 Å². The Hall–Kier alpha value is -3.83. The first-order valence-corrected chi connectivity index (χ1v) is 13.0. The van der Waals surface area contributed by atoms with Gasteiger partial charge in [0.2, 0.25) is 11.9 Å². The predicted molar refractivity (Wildman–Crippen MR) is 140 cm³/mol. The number of anilines is 1. The van der Waals surface area contributed by atoms with Crippen LogP contribution in [0.2, 0.25) is 0 Å². The maximum Gasteiger partial charge on any atom is 0.256 e. The van der Waals surface area contributed by atoms with Crippen molar-refractivity contribution in [3.63, 3.8) is 0 Å². The zero-order valence-electron chi connectivity index (χ0n) is 21.6. The van der Waals surface area contributed by atoms with Gasteiger partial charge in [-0.05, 0) is 43.2 Å². The third kappa shape index (κ3) is 4.63. The van der Waals surface area contributed by atoms with Crippen molar-refractivity contribution in [1.82, 2.24) is 35.4 Å². The van der Waals surface area contributed by atoms with Crippen LogP contribution in [0, 0.1) is 5.92 Å². The molecule has 0 spiro atoms. The van der Waals surface area contributed by atoms with Crippen molar-refractivity contribution in [3.8, 4) is 11.1 Å². The number of carbonyl (C=O) groups is 1. The average molecular weight is 517 g/mol. The number of aromatic nitrogens is 4. The van der Waals surface area contributed by atoms with Crippen molar-refractivity contribution in [2.24, 2.45) is 5.92 Å². The van der Waals surface area contributed by atoms with E-state index in [9.17, 15) is 4.79 Å². The molecule has 0 unspecified atom stereocenters. The van der Waals surface area contributed by atoms with Gasteiger partial charge in [0.25, 0.3) is 5.89 Å². The smallest absolute Gasteiger partial charge is 0.256 e. The highest BCUT2D eigenvalue weighted by Gasteiger charge is 2.47. The molecule has 3 N–H and O–H groups in total. The summed E-state index contributed by atoms with van der Waals surface area (Å²) in [6, 6.07) is 8.38. The fraction of sp³-hybridized carbons (Fsp3) is 0.444. The van der Waals surface area contributed by atoms with Gasteiger partial charge in [0, 0.05) is 50.9 Å². The Morgan fingerprint density at radius 2 is 1.95 bits per heavy atom. The van der Waals surface area contributed by atoms with Gasteiger partial charge >= 0.3 is 0 Å². The van der Waals surface area contributed by atoms with Gasteiger partial charge in [0.1, 0.15) is 6.54 Å². The summed E-state index contributed by atoms with van der Waals surface area (Å²) in [5, 5.41) is 6.22. The first kappa shape index (κ1) is 24.5. The molecule has 3 aromatic rings. The molecule has 1 amide bonds. The lowest BCUT2D eigenvalue weighted by Gasteiger charge is -2.27. The van der Waals surface area contributed by atoms with E-state index in [1.807, 2.05) is 11.1 Å². The Morgan fingerprint density at radius 3 is 2.63 bits per heavy atom. The Kier molecular flexibility index (Phi) is 6.32. The second kappa shape index (κ2) is 9.80. The average Bonchev–Trinajstić information content (AvgIpc) is 3.31. The number of benzene rings is 1. The molecule has 2 aromatic heterocycles. The molecular weight excluding hydrogens is 484 g/mol. The summed E-state index contributed by atoms with van der Waals surface area (Å²) >= 11 is 0. The number of nitrogens with one attached hydrogen (secondary N) is 1. The van der Waals surface area contributed by atoms with Crippen molar-refractivity contribution >= 4 is 17.4 Å². The highest BCUT2D eigenvalue weighted by atomic mass is 16.5. The highest BCUT2D eigenvalue weighted by molar-refractivity contribution is 5.79. The SMILES string of the molecule is CO[C@@H]1CCN(C(=O)CN2C=C(c3nc([C@@](C)(c4ccc(-c5cnc(N)nc5)cc4)C4CC4)no3)CN2)C1. The molecule has 0 radical (unpaired) electrons. The third-order valence-corrected chi connectivity index (χ3v) is 7.97. The molecule has 0 bridgehead atoms. The van der Waals surface area contributed by atoms with E-state index < -0.39 is 0 Å². The Bertz CT molecular complexity index is 1340. The highest BCUT2D eigenvalue weighted by Crippen LogP contribution is 2.50. The molecule has 3 aliphatic rings. The van der Waals surface area contributed by atoms with Crippen molar-refractivity contribution in [1.29, 1.82) is 0 Å². The van der Waals surface area contributed by atoms with E-state index in [-0.39, 0.29) is 29.9 Å². The van der Waals surface area contributed by atoms with Crippen LogP contribution in [0.3, 0.4) is 0 Å². The van der Waals surface area contributed by atoms with Crippen LogP contribution in [0.5, 0.6) is 0 Å². The minimum absolute atomic E-state index is 0.0658. The number of hydrogen-bond acceptors (Lipinski definition) is 10. The Morgan fingerprint density at radius 1 is 1.18 bits per heavy atom. The van der Waals surface area contributed by atoms with Gasteiger partial charge in [-0.15, -0.1) is 0 Å². The maximum atomic E-state index is 12.7. The lowest BCUT2D eigenvalue weighted by Crippen LogP contribution is -2.41. The number of amides is 1. The quantitative estimate of drug-likeness (QED) is 0.459. The van der Waals surface area contributed by atoms with Crippen LogP contribution < -0.4 is 11.2 Å². The maximum absolute atomic E-state index is 12.7. The molecule has 2 fully saturated rings. The number of hydrogen-bond donors (Lipinski definition) is 2. The number of methoxy groups -OCH3 is 1. The van der Waals surface area contributed by atoms with Crippen LogP contribution in [0.1, 0.15) is 43.5 Å². The van der Waals surface area contributed by atoms with Gasteiger partial charge in [-0.3, -0.25) is 4.79 Å². The summed E-state index contributed by atoms with van der Waals surface area (Å²) in [5.41, 5.74) is 12.4. The standard InChI is InChI=1S/C27H32N8O3/c1-27(21-7-8-21,20-5-3-17(4-6-20)18-11-29-26(28)30-12-18)25-32-24(38-33-25)19-13-31-35(14-19)16-23(36)34-10-9-22(15-34)37-2/h3-6,11-12,14,21-22,31H,7-10,13,15-16H2,1-2H3,(H2,28,29,30)/t22-,27+/m1/s1. The molecule has 11 nitrogen and oxygen atoms in total. The fourth-order valence-corrected chi connectivity index (χ4v) is 5.36. The van der Waals surface area contributed by atoms with Gasteiger partial charge in [-0.2, -0.15) is 4.98 Å². The van der Waals surface area contributed by atoms with Crippen LogP contribution in [0.4, 0.5) is 5.95 Å². The van der Waals surface area contributed by atoms with E-state index in [0.717, 1.165) is 48.1 Å². The fourth-order valence-electron chi connectivity index (χ4n) is 5.36. The molecule has 1 saturated carbocycles. The van der Waals surface area contributed by atoms with Crippen LogP contribution in [-0.2, 0) is 14.9 Å². The summed E-state index contributed by atoms with van der Waals surface area (Å²) in [4.78, 5) is 27.6. The molecule has 1 saturated heterocycles. The van der Waals surface area contributed by atoms with Gasteiger partial charge < -0.3 is 24.9 Å². The van der Waals surface area contributed by atoms with Crippen molar-refractivity contribution < 1.29 is 14.1 Å². The van der Waals surface area contributed by atoms with E-state index in [0.29, 0.717) is 30.7 Å². The van der Waals surface area contributed by atoms with Gasteiger partial charge in [0.05, 0.1) is 17.1 Å². The van der Waals surface area contributed by atoms with Crippen molar-refractivity contribution in [2.75, 3.05) is 39.0 Å². The van der Waals surface area contributed by atoms with E-state index in [1.54, 1.807) is 24.5 Å². The largest absolute Gasteiger partial charge is 0.380 e. The molecule has 1 aliphatic carbocycles. The van der Waals surface area contributed by atoms with E-state index in [1.165, 1.54) is 0 Å². The summed E-state index contributed by atoms with van der Waals surface area (Å²) in [6.07, 6.45) is 8.58. The third-order valence-electron chi connectivity index (χ3n) is 7.97. The molecule has 38 heavy (non-hydrogen) atoms. The first-order valence-electron chi connectivity index (χ1n) is 13.0. The summed E-state index contributed by atoms with van der Waals surface area (Å²) in [5.74, 6) is 1.92. The lowest BCUT2D eigenvalue weighted by atomic mass is 9.76. The number of nitrogens with two attached hydrogens (primary N) is 1. The Labute approximate surface area is 221 Å². The zero-order valence-corrected chi connectivity index (χ0v) is 21.6. The minimum Gasteiger partial charge on any atom is -0.380 e. The number of carbonyl (C=O) groups excluding carboxylic acids is 1. The first-order chi connectivity index (χ1) is 18.4. The number of rotatable bonds is 8. The zero-order chi connectivity index (χ0) is 26.3. The number of ether oxygens (including phenoxy) is 1. The molecule has 2 atom stereocenters. The molecule has 4 heterocycles.